The summed E-state index contributed by atoms with van der Waals surface area (Å²) in [6, 6.07) is 8.20. The Morgan fingerprint density at radius 1 is 1.18 bits per heavy atom. The number of hydrogen-bond acceptors (Lipinski definition) is 1. The largest absolute Gasteiger partial charge is 0.410 e. The lowest BCUT2D eigenvalue weighted by Gasteiger charge is -2.40. The molecule has 0 fully saturated rings. The van der Waals surface area contributed by atoms with Crippen molar-refractivity contribution in [3.05, 3.63) is 34.4 Å². The summed E-state index contributed by atoms with van der Waals surface area (Å²) in [5.74, 6) is 0. The number of hydrogen-bond donors (Lipinski definition) is 0. The van der Waals surface area contributed by atoms with Gasteiger partial charge in [-0.25, -0.2) is 0 Å². The summed E-state index contributed by atoms with van der Waals surface area (Å²) in [5.41, 5.74) is 5.92. The van der Waals surface area contributed by atoms with Gasteiger partial charge in [-0.3, -0.25) is 0 Å². The summed E-state index contributed by atoms with van der Waals surface area (Å²) in [5, 5.41) is 0. The van der Waals surface area contributed by atoms with Gasteiger partial charge in [0.1, 0.15) is 0 Å². The molecule has 0 bridgehead atoms. The van der Waals surface area contributed by atoms with Crippen molar-refractivity contribution in [2.75, 3.05) is 0 Å². The van der Waals surface area contributed by atoms with Crippen LogP contribution in [0.3, 0.4) is 0 Å². The van der Waals surface area contributed by atoms with Gasteiger partial charge < -0.3 is 4.43 Å². The van der Waals surface area contributed by atoms with Crippen LogP contribution in [0.5, 0.6) is 0 Å². The number of rotatable bonds is 2. The van der Waals surface area contributed by atoms with E-state index >= 15 is 0 Å². The van der Waals surface area contributed by atoms with Crippen molar-refractivity contribution in [1.82, 2.24) is 0 Å². The van der Waals surface area contributed by atoms with Gasteiger partial charge in [-0.15, -0.1) is 0 Å². The van der Waals surface area contributed by atoms with Crippen LogP contribution in [-0.2, 0) is 10.5 Å². The Bertz CT molecular complexity index is 421. The highest BCUT2D eigenvalue weighted by Crippen LogP contribution is 2.39. The quantitative estimate of drug-likeness (QED) is 0.702. The summed E-state index contributed by atoms with van der Waals surface area (Å²) >= 11 is 0. The van der Waals surface area contributed by atoms with Gasteiger partial charge in [0.05, 0.1) is 6.10 Å². The maximum atomic E-state index is 6.47. The summed E-state index contributed by atoms with van der Waals surface area (Å²) in [6.07, 6.45) is 0.296. The third-order valence-corrected chi connectivity index (χ3v) is 8.86. The second kappa shape index (κ2) is 4.58. The molecular formula is C15H24OSi. The maximum absolute atomic E-state index is 6.47. The van der Waals surface area contributed by atoms with Crippen LogP contribution in [0.25, 0.3) is 0 Å². The van der Waals surface area contributed by atoms with Gasteiger partial charge in [0, 0.05) is 0 Å². The van der Waals surface area contributed by atoms with E-state index in [1.54, 1.807) is 5.56 Å². The molecule has 1 heterocycles. The molecule has 94 valence electrons. The Balaban J connectivity index is 2.53. The lowest BCUT2D eigenvalue weighted by Crippen LogP contribution is -2.44. The topological polar surface area (TPSA) is 9.23 Å². The lowest BCUT2D eigenvalue weighted by molar-refractivity contribution is 0.198. The van der Waals surface area contributed by atoms with Crippen LogP contribution in [0.4, 0.5) is 0 Å². The molecule has 0 radical (unpaired) electrons. The fourth-order valence-electron chi connectivity index (χ4n) is 3.16. The molecular weight excluding hydrogens is 224 g/mol. The minimum absolute atomic E-state index is 0.296. The van der Waals surface area contributed by atoms with E-state index in [1.807, 2.05) is 0 Å². The van der Waals surface area contributed by atoms with Crippen LogP contribution in [-0.4, -0.2) is 8.32 Å². The first kappa shape index (κ1) is 12.8. The summed E-state index contributed by atoms with van der Waals surface area (Å²) < 4.78 is 6.47. The first-order valence-corrected chi connectivity index (χ1v) is 9.32. The second-order valence-corrected chi connectivity index (χ2v) is 9.79. The van der Waals surface area contributed by atoms with Gasteiger partial charge >= 0.3 is 0 Å². The van der Waals surface area contributed by atoms with Crippen molar-refractivity contribution in [3.8, 4) is 0 Å². The van der Waals surface area contributed by atoms with E-state index < -0.39 is 8.32 Å². The van der Waals surface area contributed by atoms with Gasteiger partial charge in [-0.2, -0.15) is 0 Å². The molecule has 0 aromatic heterocycles. The molecule has 1 aliphatic heterocycles. The molecule has 1 atom stereocenters. The van der Waals surface area contributed by atoms with Crippen molar-refractivity contribution in [3.63, 3.8) is 0 Å². The molecule has 1 aromatic rings. The summed E-state index contributed by atoms with van der Waals surface area (Å²) in [4.78, 5) is 0. The molecule has 0 N–H and O–H groups in total. The second-order valence-electron chi connectivity index (χ2n) is 5.42. The van der Waals surface area contributed by atoms with Gasteiger partial charge in [0.25, 0.3) is 0 Å². The Kier molecular flexibility index (Phi) is 3.46. The van der Waals surface area contributed by atoms with Crippen molar-refractivity contribution in [1.29, 1.82) is 0 Å². The zero-order valence-corrected chi connectivity index (χ0v) is 12.8. The van der Waals surface area contributed by atoms with Gasteiger partial charge in [0.2, 0.25) is 0 Å². The van der Waals surface area contributed by atoms with Crippen molar-refractivity contribution >= 4 is 8.32 Å². The van der Waals surface area contributed by atoms with Crippen LogP contribution in [0.2, 0.25) is 12.1 Å². The normalized spacial score (nSPS) is 22.3. The molecule has 0 saturated carbocycles. The molecule has 1 aromatic carbocycles. The standard InChI is InChI=1S/C15H24OSi/c1-6-17(7-2)10-14-11(3)8-9-12(4)15(14)13(5)16-17/h8-9,13H,6-7,10H2,1-5H3. The van der Waals surface area contributed by atoms with Crippen LogP contribution in [0.15, 0.2) is 12.1 Å². The number of benzene rings is 1. The average Bonchev–Trinajstić information content (AvgIpc) is 2.33. The monoisotopic (exact) mass is 248 g/mol. The van der Waals surface area contributed by atoms with E-state index in [2.05, 4.69) is 46.8 Å². The Labute approximate surface area is 106 Å². The van der Waals surface area contributed by atoms with Gasteiger partial charge in [0.15, 0.2) is 8.32 Å². The third kappa shape index (κ3) is 2.09. The van der Waals surface area contributed by atoms with E-state index in [0.29, 0.717) is 6.10 Å². The first-order chi connectivity index (χ1) is 8.03. The average molecular weight is 248 g/mol. The van der Waals surface area contributed by atoms with Crippen LogP contribution < -0.4 is 0 Å². The summed E-state index contributed by atoms with van der Waals surface area (Å²) in [7, 11) is -1.50. The SMILES string of the molecule is CC[Si]1(CC)Cc2c(C)ccc(C)c2C(C)O1. The Hall–Kier alpha value is -0.603. The van der Waals surface area contributed by atoms with Crippen LogP contribution in [0.1, 0.15) is 49.1 Å². The van der Waals surface area contributed by atoms with E-state index in [1.165, 1.54) is 34.8 Å². The molecule has 0 saturated heterocycles. The number of aryl methyl sites for hydroxylation is 2. The molecule has 0 spiro atoms. The Morgan fingerprint density at radius 2 is 1.76 bits per heavy atom. The molecule has 2 rings (SSSR count). The minimum atomic E-state index is -1.50. The van der Waals surface area contributed by atoms with Crippen molar-refractivity contribution in [2.24, 2.45) is 0 Å². The zero-order valence-electron chi connectivity index (χ0n) is 11.8. The third-order valence-electron chi connectivity index (χ3n) is 4.43. The molecule has 1 nitrogen and oxygen atoms in total. The molecule has 0 aliphatic carbocycles. The smallest absolute Gasteiger partial charge is 0.197 e. The lowest BCUT2D eigenvalue weighted by atomic mass is 9.95. The molecule has 17 heavy (non-hydrogen) atoms. The van der Waals surface area contributed by atoms with Crippen LogP contribution >= 0.6 is 0 Å². The predicted octanol–water partition coefficient (Wildman–Crippen LogP) is 4.46. The fourth-order valence-corrected chi connectivity index (χ4v) is 6.55. The molecule has 2 heteroatoms. The highest BCUT2D eigenvalue weighted by molar-refractivity contribution is 6.73. The number of fused-ring (bicyclic) bond motifs is 1. The Morgan fingerprint density at radius 3 is 2.35 bits per heavy atom. The van der Waals surface area contributed by atoms with E-state index in [9.17, 15) is 0 Å². The highest BCUT2D eigenvalue weighted by atomic mass is 28.4. The van der Waals surface area contributed by atoms with Crippen molar-refractivity contribution < 1.29 is 4.43 Å². The fraction of sp³-hybridized carbons (Fsp3) is 0.600. The highest BCUT2D eigenvalue weighted by Gasteiger charge is 2.39. The maximum Gasteiger partial charge on any atom is 0.197 e. The van der Waals surface area contributed by atoms with Gasteiger partial charge in [-0.05, 0) is 61.2 Å². The van der Waals surface area contributed by atoms with Crippen LogP contribution in [0, 0.1) is 13.8 Å². The van der Waals surface area contributed by atoms with Crippen molar-refractivity contribution in [2.45, 2.75) is 58.9 Å². The molecule has 1 unspecified atom stereocenters. The molecule has 1 aliphatic rings. The zero-order chi connectivity index (χ0) is 12.6. The first-order valence-electron chi connectivity index (χ1n) is 6.79. The van der Waals surface area contributed by atoms with E-state index in [0.717, 1.165) is 0 Å². The molecule has 0 amide bonds. The van der Waals surface area contributed by atoms with E-state index in [4.69, 9.17) is 4.43 Å². The summed E-state index contributed by atoms with van der Waals surface area (Å²) in [6.45, 7) is 11.3. The van der Waals surface area contributed by atoms with Gasteiger partial charge in [-0.1, -0.05) is 26.0 Å². The minimum Gasteiger partial charge on any atom is -0.410 e. The van der Waals surface area contributed by atoms with E-state index in [-0.39, 0.29) is 0 Å². The predicted molar refractivity (Wildman–Crippen MR) is 75.8 cm³/mol.